The number of hydrogen-bond acceptors (Lipinski definition) is 14. The number of fused-ring (bicyclic) bond motifs is 2. The Morgan fingerprint density at radius 2 is 1.61 bits per heavy atom. The summed E-state index contributed by atoms with van der Waals surface area (Å²) in [6, 6.07) is 9.37. The number of imide groups is 1. The van der Waals surface area contributed by atoms with Crippen LogP contribution >= 0.6 is 0 Å². The van der Waals surface area contributed by atoms with Crippen LogP contribution in [0.5, 0.6) is 0 Å². The van der Waals surface area contributed by atoms with E-state index in [1.165, 1.54) is 19.8 Å². The van der Waals surface area contributed by atoms with E-state index >= 15 is 0 Å². The number of nitrogens with zero attached hydrogens (tertiary/aromatic N) is 7. The van der Waals surface area contributed by atoms with Crippen LogP contribution in [0.15, 0.2) is 58.4 Å². The number of ether oxygens (including phenoxy) is 4. The number of hydrogen-bond donors (Lipinski definition) is 4. The van der Waals surface area contributed by atoms with Crippen molar-refractivity contribution in [3.63, 3.8) is 0 Å². The third kappa shape index (κ3) is 10.5. The molecule has 5 aromatic rings. The van der Waals surface area contributed by atoms with Gasteiger partial charge in [0.1, 0.15) is 24.5 Å². The lowest BCUT2D eigenvalue weighted by Crippen LogP contribution is -2.44. The second-order valence-corrected chi connectivity index (χ2v) is 16.4. The smallest absolute Gasteiger partial charge is 0.329 e. The van der Waals surface area contributed by atoms with Crippen molar-refractivity contribution in [1.29, 1.82) is 0 Å². The molecule has 1 saturated carbocycles. The molecule has 21 nitrogen and oxygen atoms in total. The minimum Gasteiger partial charge on any atom is -0.385 e. The normalized spacial score (nSPS) is 18.8. The van der Waals surface area contributed by atoms with Gasteiger partial charge in [-0.05, 0) is 55.5 Å². The molecule has 2 saturated heterocycles. The highest BCUT2D eigenvalue weighted by molar-refractivity contribution is 6.00. The number of anilines is 3. The summed E-state index contributed by atoms with van der Waals surface area (Å²) in [7, 11) is 3.37. The fourth-order valence-corrected chi connectivity index (χ4v) is 8.24. The largest absolute Gasteiger partial charge is 0.385 e. The number of piperidine rings is 2. The molecule has 4 amide bonds. The number of likely N-dealkylation sites (tertiary alicyclic amines) is 1. The summed E-state index contributed by atoms with van der Waals surface area (Å²) in [4.78, 5) is 82.5. The van der Waals surface area contributed by atoms with Crippen LogP contribution in [-0.4, -0.2) is 142 Å². The fourth-order valence-electron chi connectivity index (χ4n) is 8.24. The van der Waals surface area contributed by atoms with Crippen LogP contribution in [0.25, 0.3) is 16.7 Å². The maximum absolute atomic E-state index is 13.7. The summed E-state index contributed by atoms with van der Waals surface area (Å²) >= 11 is 0. The Balaban J connectivity index is 0.687. The predicted octanol–water partition coefficient (Wildman–Crippen LogP) is 1.62. The molecule has 3 aliphatic rings. The van der Waals surface area contributed by atoms with Gasteiger partial charge in [0.2, 0.25) is 17.7 Å². The first-order chi connectivity index (χ1) is 32.0. The molecule has 1 aliphatic carbocycles. The average Bonchev–Trinajstić information content (AvgIpc) is 3.73. The molecular weight excluding hydrogens is 862 g/mol. The standard InChI is InChI=1S/C44H54FN11O10/c1-46-32-24-37(51-56-36(25-47-40(32)56)42(60)49-31-23-29(31)45)48-30-4-3-12-54(43(30)61)28-9-13-53(14-10-28)39(58)26-66-21-20-65-19-18-64-17-16-63-15-11-27-5-6-33-35(22-27)52(2)44(62)55(33)34-7-8-38(57)50-41(34)59/h3-6,12,22,24-25,28-29,31,34,46H,7-11,13-21,23,26H2,1-2H3,(H,48,51)(H,49,60)(H,50,57,59)/t29-,31+,34?/m0/s1. The molecule has 0 radical (unpaired) electrons. The van der Waals surface area contributed by atoms with Crippen molar-refractivity contribution in [2.24, 2.45) is 7.05 Å². The van der Waals surface area contributed by atoms with Gasteiger partial charge in [-0.3, -0.25) is 38.4 Å². The van der Waals surface area contributed by atoms with Crippen molar-refractivity contribution in [2.45, 2.75) is 62.8 Å². The maximum atomic E-state index is 13.7. The van der Waals surface area contributed by atoms with Gasteiger partial charge in [-0.1, -0.05) is 6.07 Å². The van der Waals surface area contributed by atoms with Crippen LogP contribution in [0.4, 0.5) is 21.6 Å². The Labute approximate surface area is 377 Å². The molecule has 4 N–H and O–H groups in total. The van der Waals surface area contributed by atoms with E-state index in [9.17, 15) is 33.2 Å². The first-order valence-corrected chi connectivity index (χ1v) is 22.1. The minimum absolute atomic E-state index is 0.0779. The second kappa shape index (κ2) is 20.8. The highest BCUT2D eigenvalue weighted by Crippen LogP contribution is 2.28. The van der Waals surface area contributed by atoms with E-state index in [1.807, 2.05) is 18.2 Å². The van der Waals surface area contributed by atoms with Crippen LogP contribution in [-0.2, 0) is 46.8 Å². The van der Waals surface area contributed by atoms with E-state index in [1.54, 1.807) is 48.0 Å². The number of alkyl halides is 1. The van der Waals surface area contributed by atoms with Crippen LogP contribution < -0.4 is 32.5 Å². The molecule has 3 atom stereocenters. The first kappa shape index (κ1) is 46.1. The van der Waals surface area contributed by atoms with Gasteiger partial charge in [0.15, 0.2) is 17.2 Å². The number of aromatic nitrogens is 6. The van der Waals surface area contributed by atoms with E-state index < -0.39 is 30.1 Å². The average molecular weight is 916 g/mol. The summed E-state index contributed by atoms with van der Waals surface area (Å²) in [5.41, 5.74) is 3.13. The van der Waals surface area contributed by atoms with Gasteiger partial charge < -0.3 is 44.4 Å². The summed E-state index contributed by atoms with van der Waals surface area (Å²) in [5.74, 6) is -1.13. The zero-order valence-electron chi connectivity index (χ0n) is 36.8. The SMILES string of the molecule is CNc1cc(Nc2cccn(C3CCN(C(=O)COCCOCCOCCOCCc4ccc5c(c4)n(C)c(=O)n5C4CCC(=O)NC4=O)CC3)c2=O)nn2c(C(=O)N[C@@H]3C[C@@H]3F)cnc12. The molecule has 22 heteroatoms. The lowest BCUT2D eigenvalue weighted by Gasteiger charge is -2.33. The number of amides is 4. The van der Waals surface area contributed by atoms with Crippen LogP contribution in [0.1, 0.15) is 60.2 Å². The molecule has 1 aromatic carbocycles. The zero-order chi connectivity index (χ0) is 46.3. The van der Waals surface area contributed by atoms with Crippen molar-refractivity contribution in [1.82, 2.24) is 43.8 Å². The molecule has 66 heavy (non-hydrogen) atoms. The number of aryl methyl sites for hydroxylation is 1. The van der Waals surface area contributed by atoms with Crippen LogP contribution in [0, 0.1) is 0 Å². The van der Waals surface area contributed by atoms with E-state index in [-0.39, 0.29) is 73.0 Å². The van der Waals surface area contributed by atoms with E-state index in [2.05, 4.69) is 31.3 Å². The molecule has 352 valence electrons. The van der Waals surface area contributed by atoms with E-state index in [0.29, 0.717) is 100 Å². The van der Waals surface area contributed by atoms with Crippen molar-refractivity contribution in [3.8, 4) is 0 Å². The number of nitrogens with one attached hydrogen (secondary N) is 4. The van der Waals surface area contributed by atoms with Gasteiger partial charge in [-0.15, -0.1) is 5.10 Å². The van der Waals surface area contributed by atoms with Gasteiger partial charge in [-0.25, -0.2) is 18.7 Å². The van der Waals surface area contributed by atoms with Gasteiger partial charge in [0, 0.05) is 58.3 Å². The van der Waals surface area contributed by atoms with E-state index in [4.69, 9.17) is 18.9 Å². The number of carbonyl (C=O) groups is 4. The molecule has 6 heterocycles. The number of imidazole rings is 2. The number of halogens is 1. The molecule has 2 aliphatic heterocycles. The molecule has 1 unspecified atom stereocenters. The second-order valence-electron chi connectivity index (χ2n) is 16.4. The molecule has 0 spiro atoms. The van der Waals surface area contributed by atoms with Gasteiger partial charge in [0.05, 0.1) is 75.2 Å². The predicted molar refractivity (Wildman–Crippen MR) is 238 cm³/mol. The number of rotatable bonds is 21. The Kier molecular flexibility index (Phi) is 14.5. The lowest BCUT2D eigenvalue weighted by atomic mass is 10.0. The summed E-state index contributed by atoms with van der Waals surface area (Å²) in [6.07, 6.45) is 4.57. The van der Waals surface area contributed by atoms with Crippen molar-refractivity contribution < 1.29 is 42.5 Å². The molecule has 3 fully saturated rings. The summed E-state index contributed by atoms with van der Waals surface area (Å²) in [5, 5.41) is 15.6. The molecule has 8 rings (SSSR count). The number of carbonyl (C=O) groups excluding carboxylic acids is 4. The Morgan fingerprint density at radius 1 is 0.894 bits per heavy atom. The summed E-state index contributed by atoms with van der Waals surface area (Å²) < 4.78 is 41.9. The van der Waals surface area contributed by atoms with Gasteiger partial charge >= 0.3 is 5.69 Å². The summed E-state index contributed by atoms with van der Waals surface area (Å²) in [6.45, 7) is 3.36. The van der Waals surface area contributed by atoms with Gasteiger partial charge in [-0.2, -0.15) is 0 Å². The zero-order valence-corrected chi connectivity index (χ0v) is 36.8. The third-order valence-corrected chi connectivity index (χ3v) is 12.0. The van der Waals surface area contributed by atoms with Crippen molar-refractivity contribution in [3.05, 3.63) is 80.9 Å². The highest BCUT2D eigenvalue weighted by atomic mass is 19.1. The quantitative estimate of drug-likeness (QED) is 0.0605. The third-order valence-electron chi connectivity index (χ3n) is 12.0. The maximum Gasteiger partial charge on any atom is 0.329 e. The van der Waals surface area contributed by atoms with E-state index in [0.717, 1.165) is 5.56 Å². The van der Waals surface area contributed by atoms with Gasteiger partial charge in [0.25, 0.3) is 11.5 Å². The van der Waals surface area contributed by atoms with Crippen LogP contribution in [0.3, 0.4) is 0 Å². The highest BCUT2D eigenvalue weighted by Gasteiger charge is 2.39. The molecule has 0 bridgehead atoms. The first-order valence-electron chi connectivity index (χ1n) is 22.1. The Hall–Kier alpha value is -6.49. The van der Waals surface area contributed by atoms with Crippen LogP contribution in [0.2, 0.25) is 0 Å². The Morgan fingerprint density at radius 3 is 2.30 bits per heavy atom. The minimum atomic E-state index is -1.06. The molecular formula is C44H54FN11O10. The van der Waals surface area contributed by atoms with Crippen molar-refractivity contribution >= 4 is 57.5 Å². The fraction of sp³-hybridized carbons (Fsp3) is 0.500. The number of pyridine rings is 1. The molecule has 4 aromatic heterocycles. The number of benzene rings is 1. The lowest BCUT2D eigenvalue weighted by molar-refractivity contribution is -0.138. The Bertz CT molecular complexity index is 2710. The topological polar surface area (TPSA) is 236 Å². The van der Waals surface area contributed by atoms with Crippen molar-refractivity contribution in [2.75, 3.05) is 83.6 Å². The monoisotopic (exact) mass is 915 g/mol.